The summed E-state index contributed by atoms with van der Waals surface area (Å²) in [6.07, 6.45) is 0.569. The van der Waals surface area contributed by atoms with Crippen LogP contribution >= 0.6 is 23.2 Å². The van der Waals surface area contributed by atoms with Crippen molar-refractivity contribution in [3.63, 3.8) is 0 Å². The van der Waals surface area contributed by atoms with Crippen LogP contribution in [0.3, 0.4) is 0 Å². The second-order valence-corrected chi connectivity index (χ2v) is 7.19. The SMILES string of the molecule is COCCCN1C(=O)C(=O)/C(=C(\O)c2ccc(Cl)c(Cl)c2)C1c1ccccc1. The number of hydrogen-bond acceptors (Lipinski definition) is 4. The number of aliphatic hydroxyl groups excluding tert-OH is 1. The summed E-state index contributed by atoms with van der Waals surface area (Å²) in [6, 6.07) is 13.0. The van der Waals surface area contributed by atoms with Crippen molar-refractivity contribution in [2.45, 2.75) is 12.5 Å². The first-order valence-corrected chi connectivity index (χ1v) is 9.49. The first-order chi connectivity index (χ1) is 13.5. The zero-order chi connectivity index (χ0) is 20.3. The molecule has 1 saturated heterocycles. The predicted octanol–water partition coefficient (Wildman–Crippen LogP) is 4.45. The van der Waals surface area contributed by atoms with Crippen LogP contribution in [0.4, 0.5) is 0 Å². The van der Waals surface area contributed by atoms with E-state index in [1.165, 1.54) is 17.0 Å². The molecular weight excluding hydrogens is 401 g/mol. The third kappa shape index (κ3) is 3.92. The van der Waals surface area contributed by atoms with Gasteiger partial charge < -0.3 is 14.7 Å². The molecule has 0 aliphatic carbocycles. The fourth-order valence-corrected chi connectivity index (χ4v) is 3.57. The Morgan fingerprint density at radius 2 is 1.82 bits per heavy atom. The summed E-state index contributed by atoms with van der Waals surface area (Å²) in [6.45, 7) is 0.785. The molecule has 1 aliphatic heterocycles. The summed E-state index contributed by atoms with van der Waals surface area (Å²) in [5.74, 6) is -1.65. The second kappa shape index (κ2) is 8.78. The highest BCUT2D eigenvalue weighted by Gasteiger charge is 2.45. The van der Waals surface area contributed by atoms with Crippen LogP contribution in [-0.2, 0) is 14.3 Å². The van der Waals surface area contributed by atoms with Gasteiger partial charge in [0.05, 0.1) is 21.7 Å². The summed E-state index contributed by atoms with van der Waals surface area (Å²) < 4.78 is 5.06. The molecule has 2 aromatic rings. The lowest BCUT2D eigenvalue weighted by Gasteiger charge is -2.25. The Labute approximate surface area is 173 Å². The molecule has 0 spiro atoms. The number of Topliss-reactive ketones (excluding diaryl/α,β-unsaturated/α-hetero) is 1. The zero-order valence-electron chi connectivity index (χ0n) is 15.2. The number of nitrogens with zero attached hydrogens (tertiary/aromatic N) is 1. The number of carbonyl (C=O) groups is 2. The van der Waals surface area contributed by atoms with Crippen molar-refractivity contribution in [3.05, 3.63) is 75.3 Å². The Kier molecular flexibility index (Phi) is 6.39. The number of benzene rings is 2. The summed E-state index contributed by atoms with van der Waals surface area (Å²) in [7, 11) is 1.58. The fourth-order valence-electron chi connectivity index (χ4n) is 3.27. The average Bonchev–Trinajstić information content (AvgIpc) is 2.95. The minimum Gasteiger partial charge on any atom is -0.507 e. The van der Waals surface area contributed by atoms with Gasteiger partial charge in [-0.3, -0.25) is 9.59 Å². The average molecular weight is 420 g/mol. The molecule has 1 N–H and O–H groups in total. The van der Waals surface area contributed by atoms with Crippen molar-refractivity contribution in [1.29, 1.82) is 0 Å². The van der Waals surface area contributed by atoms with E-state index in [2.05, 4.69) is 0 Å². The summed E-state index contributed by atoms with van der Waals surface area (Å²) >= 11 is 12.0. The highest BCUT2D eigenvalue weighted by atomic mass is 35.5. The molecule has 1 unspecified atom stereocenters. The minimum absolute atomic E-state index is 0.0343. The van der Waals surface area contributed by atoms with Crippen molar-refractivity contribution in [2.24, 2.45) is 0 Å². The van der Waals surface area contributed by atoms with Gasteiger partial charge >= 0.3 is 0 Å². The molecule has 2 aromatic carbocycles. The van der Waals surface area contributed by atoms with Crippen LogP contribution in [0.1, 0.15) is 23.6 Å². The molecule has 146 valence electrons. The third-order valence-corrected chi connectivity index (χ3v) is 5.33. The molecule has 1 fully saturated rings. The number of carbonyl (C=O) groups excluding carboxylic acids is 2. The Morgan fingerprint density at radius 3 is 2.46 bits per heavy atom. The smallest absolute Gasteiger partial charge is 0.295 e. The Bertz CT molecular complexity index is 927. The van der Waals surface area contributed by atoms with Crippen LogP contribution in [0.25, 0.3) is 5.76 Å². The molecule has 1 heterocycles. The standard InChI is InChI=1S/C21H19Cl2NO4/c1-28-11-5-10-24-18(13-6-3-2-4-7-13)17(20(26)21(24)27)19(25)14-8-9-15(22)16(23)12-14/h2-4,6-9,12,18,25H,5,10-11H2,1H3/b19-17-. The van der Waals surface area contributed by atoms with E-state index in [1.807, 2.05) is 30.3 Å². The highest BCUT2D eigenvalue weighted by Crippen LogP contribution is 2.40. The third-order valence-electron chi connectivity index (χ3n) is 4.60. The molecule has 1 aliphatic rings. The molecule has 1 amide bonds. The van der Waals surface area contributed by atoms with Crippen LogP contribution in [-0.4, -0.2) is 42.0 Å². The van der Waals surface area contributed by atoms with Gasteiger partial charge in [0.15, 0.2) is 0 Å². The molecule has 0 aromatic heterocycles. The Morgan fingerprint density at radius 1 is 1.11 bits per heavy atom. The van der Waals surface area contributed by atoms with Gasteiger partial charge in [-0.05, 0) is 30.2 Å². The maximum Gasteiger partial charge on any atom is 0.295 e. The van der Waals surface area contributed by atoms with Gasteiger partial charge in [-0.15, -0.1) is 0 Å². The molecule has 3 rings (SSSR count). The van der Waals surface area contributed by atoms with Gasteiger partial charge in [0.25, 0.3) is 11.7 Å². The van der Waals surface area contributed by atoms with E-state index in [4.69, 9.17) is 27.9 Å². The molecule has 0 saturated carbocycles. The normalized spacial score (nSPS) is 18.7. The largest absolute Gasteiger partial charge is 0.507 e. The molecule has 28 heavy (non-hydrogen) atoms. The number of ether oxygens (including phenoxy) is 1. The summed E-state index contributed by atoms with van der Waals surface area (Å²) in [5.41, 5.74) is 1.10. The molecular formula is C21H19Cl2NO4. The zero-order valence-corrected chi connectivity index (χ0v) is 16.7. The van der Waals surface area contributed by atoms with E-state index in [0.29, 0.717) is 30.2 Å². The van der Waals surface area contributed by atoms with Crippen LogP contribution in [0.2, 0.25) is 10.0 Å². The van der Waals surface area contributed by atoms with Gasteiger partial charge in [0.1, 0.15) is 5.76 Å². The maximum atomic E-state index is 12.8. The Hall–Kier alpha value is -2.34. The van der Waals surface area contributed by atoms with Gasteiger partial charge in [-0.2, -0.15) is 0 Å². The lowest BCUT2D eigenvalue weighted by molar-refractivity contribution is -0.140. The number of halogens is 2. The predicted molar refractivity (Wildman–Crippen MR) is 108 cm³/mol. The topological polar surface area (TPSA) is 66.8 Å². The fraction of sp³-hybridized carbons (Fsp3) is 0.238. The van der Waals surface area contributed by atoms with E-state index in [-0.39, 0.29) is 16.4 Å². The lowest BCUT2D eigenvalue weighted by atomic mass is 9.95. The van der Waals surface area contributed by atoms with Crippen molar-refractivity contribution in [1.82, 2.24) is 4.90 Å². The van der Waals surface area contributed by atoms with Crippen molar-refractivity contribution in [2.75, 3.05) is 20.3 Å². The summed E-state index contributed by atoms with van der Waals surface area (Å²) in [4.78, 5) is 27.0. The number of likely N-dealkylation sites (tertiary alicyclic amines) is 1. The number of methoxy groups -OCH3 is 1. The highest BCUT2D eigenvalue weighted by molar-refractivity contribution is 6.46. The Balaban J connectivity index is 2.12. The second-order valence-electron chi connectivity index (χ2n) is 6.38. The maximum absolute atomic E-state index is 12.8. The van der Waals surface area contributed by atoms with E-state index in [0.717, 1.165) is 5.56 Å². The van der Waals surface area contributed by atoms with Crippen molar-refractivity contribution < 1.29 is 19.4 Å². The van der Waals surface area contributed by atoms with Crippen LogP contribution in [0.5, 0.6) is 0 Å². The molecule has 0 bridgehead atoms. The van der Waals surface area contributed by atoms with Crippen molar-refractivity contribution in [3.8, 4) is 0 Å². The molecule has 0 radical (unpaired) electrons. The van der Waals surface area contributed by atoms with E-state index in [1.54, 1.807) is 13.2 Å². The van der Waals surface area contributed by atoms with E-state index < -0.39 is 17.7 Å². The summed E-state index contributed by atoms with van der Waals surface area (Å²) in [5, 5.41) is 11.5. The first kappa shape index (κ1) is 20.4. The number of amides is 1. The number of ketones is 1. The van der Waals surface area contributed by atoms with E-state index in [9.17, 15) is 14.7 Å². The van der Waals surface area contributed by atoms with Crippen LogP contribution in [0, 0.1) is 0 Å². The molecule has 7 heteroatoms. The number of hydrogen-bond donors (Lipinski definition) is 1. The minimum atomic E-state index is -0.727. The lowest BCUT2D eigenvalue weighted by Crippen LogP contribution is -2.31. The molecule has 1 atom stereocenters. The van der Waals surface area contributed by atoms with Gasteiger partial charge in [-0.1, -0.05) is 53.5 Å². The molecule has 5 nitrogen and oxygen atoms in total. The van der Waals surface area contributed by atoms with Crippen LogP contribution in [0.15, 0.2) is 54.1 Å². The first-order valence-electron chi connectivity index (χ1n) is 8.73. The van der Waals surface area contributed by atoms with E-state index >= 15 is 0 Å². The monoisotopic (exact) mass is 419 g/mol. The number of aliphatic hydroxyl groups is 1. The van der Waals surface area contributed by atoms with Gasteiger partial charge in [0, 0.05) is 25.8 Å². The van der Waals surface area contributed by atoms with Gasteiger partial charge in [0.2, 0.25) is 0 Å². The van der Waals surface area contributed by atoms with Crippen molar-refractivity contribution >= 4 is 40.7 Å². The number of rotatable bonds is 6. The van der Waals surface area contributed by atoms with Crippen LogP contribution < -0.4 is 0 Å². The quantitative estimate of drug-likeness (QED) is 0.325. The van der Waals surface area contributed by atoms with Gasteiger partial charge in [-0.25, -0.2) is 0 Å².